The lowest BCUT2D eigenvalue weighted by atomic mass is 9.84. The summed E-state index contributed by atoms with van der Waals surface area (Å²) in [7, 11) is 1.65. The molecular weight excluding hydrogens is 417 g/mol. The standard InChI is InChI=1S/C27H28FN3O2/c1-18-16-30(17-29-18)25-13-6-19(15-26(25)33-2)14-21-9-12-23-4-3-5-24(31(23)27(21)32)20-7-10-22(28)11-8-20/h6-8,10-11,13-17,23-24H,3-5,9,12H2,1-2H3/b21-14+/t23-,24+/m1/s1. The number of ether oxygens (including phenoxy) is 1. The number of aryl methyl sites for hydroxylation is 1. The van der Waals surface area contributed by atoms with E-state index >= 15 is 0 Å². The average molecular weight is 446 g/mol. The predicted octanol–water partition coefficient (Wildman–Crippen LogP) is 5.63. The van der Waals surface area contributed by atoms with Crippen LogP contribution in [0.15, 0.2) is 60.6 Å². The molecule has 5 nitrogen and oxygen atoms in total. The second-order valence-electron chi connectivity index (χ2n) is 8.93. The maximum Gasteiger partial charge on any atom is 0.250 e. The van der Waals surface area contributed by atoms with Crippen LogP contribution in [0.4, 0.5) is 4.39 Å². The Bertz CT molecular complexity index is 1200. The molecule has 170 valence electrons. The second-order valence-corrected chi connectivity index (χ2v) is 8.93. The van der Waals surface area contributed by atoms with E-state index in [0.717, 1.165) is 65.9 Å². The van der Waals surface area contributed by atoms with Gasteiger partial charge in [-0.2, -0.15) is 0 Å². The third-order valence-electron chi connectivity index (χ3n) is 6.79. The minimum atomic E-state index is -0.250. The van der Waals surface area contributed by atoms with Crippen molar-refractivity contribution in [3.05, 3.63) is 83.2 Å². The highest BCUT2D eigenvalue weighted by Gasteiger charge is 2.39. The van der Waals surface area contributed by atoms with Gasteiger partial charge in [0.05, 0.1) is 30.9 Å². The van der Waals surface area contributed by atoms with Gasteiger partial charge in [-0.25, -0.2) is 9.37 Å². The van der Waals surface area contributed by atoms with Gasteiger partial charge in [0.25, 0.3) is 5.91 Å². The van der Waals surface area contributed by atoms with Crippen LogP contribution in [0.25, 0.3) is 11.8 Å². The van der Waals surface area contributed by atoms with E-state index in [4.69, 9.17) is 4.74 Å². The van der Waals surface area contributed by atoms with Crippen LogP contribution >= 0.6 is 0 Å². The number of nitrogens with zero attached hydrogens (tertiary/aromatic N) is 3. The summed E-state index contributed by atoms with van der Waals surface area (Å²) in [6, 6.07) is 12.8. The molecule has 33 heavy (non-hydrogen) atoms. The molecule has 1 amide bonds. The number of methoxy groups -OCH3 is 1. The van der Waals surface area contributed by atoms with Gasteiger partial charge in [-0.15, -0.1) is 0 Å². The molecule has 5 rings (SSSR count). The van der Waals surface area contributed by atoms with Crippen molar-refractivity contribution in [3.63, 3.8) is 0 Å². The molecule has 2 fully saturated rings. The zero-order valence-corrected chi connectivity index (χ0v) is 19.0. The van der Waals surface area contributed by atoms with E-state index in [9.17, 15) is 9.18 Å². The molecule has 0 N–H and O–H groups in total. The fourth-order valence-electron chi connectivity index (χ4n) is 5.16. The Hall–Kier alpha value is -3.41. The van der Waals surface area contributed by atoms with E-state index in [1.54, 1.807) is 13.4 Å². The third-order valence-corrected chi connectivity index (χ3v) is 6.79. The van der Waals surface area contributed by atoms with E-state index in [1.165, 1.54) is 12.1 Å². The first-order chi connectivity index (χ1) is 16.0. The molecule has 3 heterocycles. The minimum absolute atomic E-state index is 0.00180. The number of amides is 1. The molecule has 0 radical (unpaired) electrons. The number of aromatic nitrogens is 2. The molecule has 0 unspecified atom stereocenters. The van der Waals surface area contributed by atoms with Crippen molar-refractivity contribution in [2.24, 2.45) is 0 Å². The van der Waals surface area contributed by atoms with E-state index in [0.29, 0.717) is 0 Å². The smallest absolute Gasteiger partial charge is 0.250 e. The Balaban J connectivity index is 1.44. The van der Waals surface area contributed by atoms with Crippen LogP contribution in [0.1, 0.15) is 55.0 Å². The Labute approximate surface area is 193 Å². The van der Waals surface area contributed by atoms with Gasteiger partial charge >= 0.3 is 0 Å². The van der Waals surface area contributed by atoms with Crippen molar-refractivity contribution < 1.29 is 13.9 Å². The second kappa shape index (κ2) is 8.85. The van der Waals surface area contributed by atoms with Crippen molar-refractivity contribution >= 4 is 12.0 Å². The first-order valence-electron chi connectivity index (χ1n) is 11.5. The van der Waals surface area contributed by atoms with Crippen LogP contribution < -0.4 is 4.74 Å². The molecule has 2 aliphatic rings. The van der Waals surface area contributed by atoms with Crippen LogP contribution in [-0.2, 0) is 4.79 Å². The van der Waals surface area contributed by atoms with Crippen molar-refractivity contribution in [1.29, 1.82) is 0 Å². The number of carbonyl (C=O) groups is 1. The molecule has 2 aromatic carbocycles. The van der Waals surface area contributed by atoms with Crippen LogP contribution in [0.5, 0.6) is 5.75 Å². The summed E-state index contributed by atoms with van der Waals surface area (Å²) in [4.78, 5) is 19.9. The number of hydrogen-bond donors (Lipinski definition) is 0. The minimum Gasteiger partial charge on any atom is -0.495 e. The zero-order valence-electron chi connectivity index (χ0n) is 19.0. The van der Waals surface area contributed by atoms with Crippen LogP contribution in [0.2, 0.25) is 0 Å². The molecule has 6 heteroatoms. The largest absolute Gasteiger partial charge is 0.495 e. The molecule has 2 saturated heterocycles. The monoisotopic (exact) mass is 445 g/mol. The number of halogens is 1. The molecule has 2 aliphatic heterocycles. The Morgan fingerprint density at radius 3 is 2.67 bits per heavy atom. The van der Waals surface area contributed by atoms with Gasteiger partial charge in [-0.05, 0) is 80.5 Å². The molecule has 2 atom stereocenters. The van der Waals surface area contributed by atoms with E-state index in [-0.39, 0.29) is 23.8 Å². The first kappa shape index (κ1) is 21.4. The average Bonchev–Trinajstić information content (AvgIpc) is 3.27. The summed E-state index contributed by atoms with van der Waals surface area (Å²) < 4.78 is 21.0. The molecule has 0 spiro atoms. The van der Waals surface area contributed by atoms with Gasteiger partial charge in [0.15, 0.2) is 0 Å². The number of rotatable bonds is 4. The van der Waals surface area contributed by atoms with Gasteiger partial charge in [0.2, 0.25) is 0 Å². The predicted molar refractivity (Wildman–Crippen MR) is 126 cm³/mol. The van der Waals surface area contributed by atoms with Crippen molar-refractivity contribution in [2.75, 3.05) is 7.11 Å². The summed E-state index contributed by atoms with van der Waals surface area (Å²) in [5.41, 5.74) is 4.60. The number of carbonyl (C=O) groups excluding carboxylic acids is 1. The SMILES string of the molecule is COc1cc(/C=C2\CC[C@H]3CCC[C@@H](c4ccc(F)cc4)N3C2=O)ccc1-n1cnc(C)c1. The number of fused-ring (bicyclic) bond motifs is 1. The molecule has 3 aromatic rings. The normalized spacial score (nSPS) is 21.8. The third kappa shape index (κ3) is 4.17. The van der Waals surface area contributed by atoms with Crippen molar-refractivity contribution in [1.82, 2.24) is 14.5 Å². The molecular formula is C27H28FN3O2. The van der Waals surface area contributed by atoms with Gasteiger partial charge in [-0.1, -0.05) is 18.2 Å². The fourth-order valence-corrected chi connectivity index (χ4v) is 5.16. The maximum absolute atomic E-state index is 13.6. The summed E-state index contributed by atoms with van der Waals surface area (Å²) in [6.45, 7) is 1.95. The first-order valence-corrected chi connectivity index (χ1v) is 11.5. The van der Waals surface area contributed by atoms with Gasteiger partial charge in [0, 0.05) is 17.8 Å². The highest BCUT2D eigenvalue weighted by atomic mass is 19.1. The summed E-state index contributed by atoms with van der Waals surface area (Å²) in [5.74, 6) is 0.568. The van der Waals surface area contributed by atoms with E-state index < -0.39 is 0 Å². The van der Waals surface area contributed by atoms with Crippen molar-refractivity contribution in [2.45, 2.75) is 51.1 Å². The van der Waals surface area contributed by atoms with Gasteiger partial charge < -0.3 is 14.2 Å². The summed E-state index contributed by atoms with van der Waals surface area (Å²) >= 11 is 0. The van der Waals surface area contributed by atoms with Gasteiger partial charge in [0.1, 0.15) is 11.6 Å². The lowest BCUT2D eigenvalue weighted by Crippen LogP contribution is -2.49. The zero-order chi connectivity index (χ0) is 22.9. The lowest BCUT2D eigenvalue weighted by molar-refractivity contribution is -0.136. The fraction of sp³-hybridized carbons (Fsp3) is 0.333. The molecule has 1 aromatic heterocycles. The lowest BCUT2D eigenvalue weighted by Gasteiger charge is -2.46. The Morgan fingerprint density at radius 1 is 1.12 bits per heavy atom. The highest BCUT2D eigenvalue weighted by Crippen LogP contribution is 2.41. The molecule has 0 aliphatic carbocycles. The van der Waals surface area contributed by atoms with Gasteiger partial charge in [-0.3, -0.25) is 4.79 Å². The number of piperidine rings is 2. The summed E-state index contributed by atoms with van der Waals surface area (Å²) in [5, 5.41) is 0. The Kier molecular flexibility index (Phi) is 5.75. The van der Waals surface area contributed by atoms with Crippen LogP contribution in [0, 0.1) is 12.7 Å². The number of benzene rings is 2. The Morgan fingerprint density at radius 2 is 1.94 bits per heavy atom. The number of hydrogen-bond acceptors (Lipinski definition) is 3. The molecule has 0 saturated carbocycles. The quantitative estimate of drug-likeness (QED) is 0.489. The van der Waals surface area contributed by atoms with Crippen LogP contribution in [0.3, 0.4) is 0 Å². The summed E-state index contributed by atoms with van der Waals surface area (Å²) in [6.07, 6.45) is 10.5. The number of imidazole rings is 1. The molecule has 0 bridgehead atoms. The highest BCUT2D eigenvalue weighted by molar-refractivity contribution is 5.99. The van der Waals surface area contributed by atoms with E-state index in [1.807, 2.05) is 59.0 Å². The topological polar surface area (TPSA) is 47.4 Å². The van der Waals surface area contributed by atoms with E-state index in [2.05, 4.69) is 4.98 Å². The van der Waals surface area contributed by atoms with Crippen LogP contribution in [-0.4, -0.2) is 33.5 Å². The van der Waals surface area contributed by atoms with Crippen molar-refractivity contribution in [3.8, 4) is 11.4 Å². The maximum atomic E-state index is 13.6.